The lowest BCUT2D eigenvalue weighted by atomic mass is 10.3. The van der Waals surface area contributed by atoms with Crippen molar-refractivity contribution in [3.8, 4) is 0 Å². The molecule has 4 heteroatoms. The molecular weight excluding hydrogens is 92.8 g/mol. The molecule has 0 spiro atoms. The lowest BCUT2D eigenvalue weighted by Gasteiger charge is -2.03. The summed E-state index contributed by atoms with van der Waals surface area (Å²) in [6, 6.07) is -0.343. The van der Waals surface area contributed by atoms with E-state index in [1.807, 2.05) is 0 Å². The van der Waals surface area contributed by atoms with Gasteiger partial charge in [-0.2, -0.15) is 0 Å². The highest BCUT2D eigenvalue weighted by Gasteiger charge is 1.94. The highest BCUT2D eigenvalue weighted by molar-refractivity contribution is 5.97. The molecule has 0 bridgehead atoms. The summed E-state index contributed by atoms with van der Waals surface area (Å²) in [5, 5.41) is 8.21. The van der Waals surface area contributed by atoms with Crippen LogP contribution >= 0.6 is 0 Å². The Bertz CT molecular complexity index is 43.9. The fourth-order valence-electron chi connectivity index (χ4n) is 0.176. The van der Waals surface area contributed by atoms with Crippen LogP contribution in [0.3, 0.4) is 0 Å². The van der Waals surface area contributed by atoms with Gasteiger partial charge >= 0.3 is 0 Å². The van der Waals surface area contributed by atoms with E-state index < -0.39 is 0 Å². The molecule has 0 aliphatic carbocycles. The van der Waals surface area contributed by atoms with Gasteiger partial charge in [-0.15, -0.1) is 0 Å². The van der Waals surface area contributed by atoms with Crippen LogP contribution in [-0.2, 0) is 4.65 Å². The van der Waals surface area contributed by atoms with Gasteiger partial charge in [0.15, 0.2) is 0 Å². The van der Waals surface area contributed by atoms with E-state index in [1.54, 1.807) is 0 Å². The van der Waals surface area contributed by atoms with Crippen molar-refractivity contribution in [2.45, 2.75) is 6.04 Å². The van der Waals surface area contributed by atoms with Crippen molar-refractivity contribution in [1.29, 1.82) is 0 Å². The molecule has 0 aromatic carbocycles. The SMILES string of the molecule is [B]OC[C@H](N)CO. The Hall–Kier alpha value is -0.0551. The summed E-state index contributed by atoms with van der Waals surface area (Å²) >= 11 is 0. The van der Waals surface area contributed by atoms with Crippen LogP contribution in [-0.4, -0.2) is 32.4 Å². The van der Waals surface area contributed by atoms with E-state index in [2.05, 4.69) is 12.7 Å². The summed E-state index contributed by atoms with van der Waals surface area (Å²) in [6.07, 6.45) is 0. The van der Waals surface area contributed by atoms with Gasteiger partial charge in [-0.3, -0.25) is 0 Å². The maximum absolute atomic E-state index is 8.21. The zero-order valence-corrected chi connectivity index (χ0v) is 4.00. The van der Waals surface area contributed by atoms with Gasteiger partial charge in [0, 0.05) is 12.6 Å². The lowest BCUT2D eigenvalue weighted by Crippen LogP contribution is -2.29. The maximum Gasteiger partial charge on any atom is 0.282 e. The molecule has 40 valence electrons. The second-order valence-corrected chi connectivity index (χ2v) is 1.28. The van der Waals surface area contributed by atoms with Crippen LogP contribution in [0, 0.1) is 0 Å². The molecule has 0 saturated heterocycles. The van der Waals surface area contributed by atoms with E-state index in [0.717, 1.165) is 0 Å². The van der Waals surface area contributed by atoms with Crippen molar-refractivity contribution in [3.05, 3.63) is 0 Å². The first-order valence-electron chi connectivity index (χ1n) is 1.99. The smallest absolute Gasteiger partial charge is 0.282 e. The number of hydrogen-bond donors (Lipinski definition) is 2. The van der Waals surface area contributed by atoms with Gasteiger partial charge in [0.05, 0.1) is 6.61 Å². The quantitative estimate of drug-likeness (QED) is 0.421. The third kappa shape index (κ3) is 3.78. The van der Waals surface area contributed by atoms with Crippen LogP contribution in [0.2, 0.25) is 0 Å². The van der Waals surface area contributed by atoms with Crippen LogP contribution in [0.1, 0.15) is 0 Å². The van der Waals surface area contributed by atoms with Crippen molar-refractivity contribution in [3.63, 3.8) is 0 Å². The summed E-state index contributed by atoms with van der Waals surface area (Å²) in [6.45, 7) is 0.119. The maximum atomic E-state index is 8.21. The Balaban J connectivity index is 2.83. The number of aliphatic hydroxyl groups excluding tert-OH is 1. The van der Waals surface area contributed by atoms with Gasteiger partial charge in [0.2, 0.25) is 0 Å². The molecule has 2 radical (unpaired) electrons. The van der Waals surface area contributed by atoms with E-state index in [9.17, 15) is 0 Å². The second kappa shape index (κ2) is 4.11. The minimum absolute atomic E-state index is 0.0861. The van der Waals surface area contributed by atoms with E-state index in [4.69, 9.17) is 10.8 Å². The van der Waals surface area contributed by atoms with Crippen molar-refractivity contribution in [1.82, 2.24) is 0 Å². The van der Waals surface area contributed by atoms with Crippen LogP contribution in [0.15, 0.2) is 0 Å². The molecule has 0 aromatic rings. The Morgan fingerprint density at radius 1 is 1.86 bits per heavy atom. The molecule has 0 rings (SSSR count). The summed E-state index contributed by atoms with van der Waals surface area (Å²) < 4.78 is 4.11. The molecule has 3 N–H and O–H groups in total. The van der Waals surface area contributed by atoms with Crippen LogP contribution < -0.4 is 5.73 Å². The molecule has 0 aliphatic rings. The van der Waals surface area contributed by atoms with Crippen molar-refractivity contribution < 1.29 is 9.76 Å². The topological polar surface area (TPSA) is 55.5 Å². The van der Waals surface area contributed by atoms with E-state index in [0.29, 0.717) is 0 Å². The third-order valence-corrected chi connectivity index (χ3v) is 0.545. The molecule has 0 saturated carbocycles. The molecular formula is C3H8BNO2. The van der Waals surface area contributed by atoms with Gasteiger partial charge in [-0.05, 0) is 0 Å². The van der Waals surface area contributed by atoms with Gasteiger partial charge in [0.25, 0.3) is 8.05 Å². The summed E-state index contributed by atoms with van der Waals surface area (Å²) in [7, 11) is 4.61. The highest BCUT2D eigenvalue weighted by Crippen LogP contribution is 1.72. The predicted octanol–water partition coefficient (Wildman–Crippen LogP) is -1.59. The molecule has 0 aliphatic heterocycles. The zero-order valence-electron chi connectivity index (χ0n) is 4.00. The fraction of sp³-hybridized carbons (Fsp3) is 1.00. The number of rotatable bonds is 3. The molecule has 0 fully saturated rings. The molecule has 1 atom stereocenters. The lowest BCUT2D eigenvalue weighted by molar-refractivity contribution is 0.215. The molecule has 0 heterocycles. The fourth-order valence-corrected chi connectivity index (χ4v) is 0.176. The zero-order chi connectivity index (χ0) is 5.70. The van der Waals surface area contributed by atoms with Crippen molar-refractivity contribution in [2.24, 2.45) is 5.73 Å². The highest BCUT2D eigenvalue weighted by atomic mass is 16.4. The van der Waals surface area contributed by atoms with Gasteiger partial charge in [-0.25, -0.2) is 0 Å². The Morgan fingerprint density at radius 2 is 2.43 bits per heavy atom. The predicted molar refractivity (Wildman–Crippen MR) is 26.8 cm³/mol. The minimum atomic E-state index is -0.343. The summed E-state index contributed by atoms with van der Waals surface area (Å²) in [5.41, 5.74) is 5.13. The first-order valence-corrected chi connectivity index (χ1v) is 1.99. The van der Waals surface area contributed by atoms with Crippen LogP contribution in [0.5, 0.6) is 0 Å². The van der Waals surface area contributed by atoms with Crippen molar-refractivity contribution in [2.75, 3.05) is 13.2 Å². The van der Waals surface area contributed by atoms with E-state index in [-0.39, 0.29) is 19.3 Å². The van der Waals surface area contributed by atoms with Gasteiger partial charge < -0.3 is 15.5 Å². The second-order valence-electron chi connectivity index (χ2n) is 1.28. The normalized spacial score (nSPS) is 14.0. The Morgan fingerprint density at radius 3 is 2.57 bits per heavy atom. The summed E-state index contributed by atoms with van der Waals surface area (Å²) in [4.78, 5) is 0. The molecule has 0 aromatic heterocycles. The molecule has 0 unspecified atom stereocenters. The average Bonchev–Trinajstić information content (AvgIpc) is 1.68. The molecule has 0 amide bonds. The monoisotopic (exact) mass is 101 g/mol. The van der Waals surface area contributed by atoms with Crippen molar-refractivity contribution >= 4 is 8.05 Å². The standard InChI is InChI=1S/C3H8BNO2/c4-7-2-3(5)1-6/h3,6H,1-2,5H2/t3-/m1/s1. The summed E-state index contributed by atoms with van der Waals surface area (Å²) in [5.74, 6) is 0. The van der Waals surface area contributed by atoms with E-state index >= 15 is 0 Å². The average molecular weight is 101 g/mol. The first-order chi connectivity index (χ1) is 3.31. The largest absolute Gasteiger partial charge is 0.446 e. The van der Waals surface area contributed by atoms with Gasteiger partial charge in [-0.1, -0.05) is 0 Å². The first kappa shape index (κ1) is 6.94. The van der Waals surface area contributed by atoms with Gasteiger partial charge in [0.1, 0.15) is 0 Å². The van der Waals surface area contributed by atoms with Crippen LogP contribution in [0.4, 0.5) is 0 Å². The number of hydrogen-bond acceptors (Lipinski definition) is 3. The molecule has 3 nitrogen and oxygen atoms in total. The number of nitrogens with two attached hydrogens (primary N) is 1. The van der Waals surface area contributed by atoms with E-state index in [1.165, 1.54) is 0 Å². The third-order valence-electron chi connectivity index (χ3n) is 0.545. The number of aliphatic hydroxyl groups is 1. The Labute approximate surface area is 43.9 Å². The van der Waals surface area contributed by atoms with Crippen LogP contribution in [0.25, 0.3) is 0 Å². The minimum Gasteiger partial charge on any atom is -0.446 e. The molecule has 7 heavy (non-hydrogen) atoms. The Kier molecular flexibility index (Phi) is 4.08.